The molecule has 0 aliphatic heterocycles. The lowest BCUT2D eigenvalue weighted by Gasteiger charge is -2.11. The molecule has 0 atom stereocenters. The van der Waals surface area contributed by atoms with Gasteiger partial charge in [-0.2, -0.15) is 0 Å². The lowest BCUT2D eigenvalue weighted by molar-refractivity contribution is -0.123. The predicted molar refractivity (Wildman–Crippen MR) is 115 cm³/mol. The number of rotatable bonds is 7. The zero-order valence-electron chi connectivity index (χ0n) is 16.1. The molecule has 0 saturated heterocycles. The van der Waals surface area contributed by atoms with Crippen molar-refractivity contribution in [3.8, 4) is 5.75 Å². The van der Waals surface area contributed by atoms with Crippen LogP contribution >= 0.6 is 23.8 Å². The molecule has 0 fully saturated rings. The highest BCUT2D eigenvalue weighted by Gasteiger charge is 2.10. The number of esters is 1. The van der Waals surface area contributed by atoms with E-state index in [0.29, 0.717) is 28.5 Å². The molecule has 0 bridgehead atoms. The van der Waals surface area contributed by atoms with Crippen LogP contribution in [-0.2, 0) is 9.53 Å². The third-order valence-corrected chi connectivity index (χ3v) is 4.00. The van der Waals surface area contributed by atoms with Crippen LogP contribution in [0.2, 0.25) is 5.02 Å². The Labute approximate surface area is 183 Å². The van der Waals surface area contributed by atoms with Gasteiger partial charge in [0.25, 0.3) is 11.8 Å². The van der Waals surface area contributed by atoms with Crippen LogP contribution in [0.25, 0.3) is 0 Å². The largest absolute Gasteiger partial charge is 0.484 e. The zero-order chi connectivity index (χ0) is 21.9. The fourth-order valence-corrected chi connectivity index (χ4v) is 2.35. The van der Waals surface area contributed by atoms with Gasteiger partial charge in [0.05, 0.1) is 12.2 Å². The third kappa shape index (κ3) is 7.69. The van der Waals surface area contributed by atoms with Crippen molar-refractivity contribution in [1.82, 2.24) is 16.2 Å². The van der Waals surface area contributed by atoms with Crippen LogP contribution in [0, 0.1) is 0 Å². The summed E-state index contributed by atoms with van der Waals surface area (Å²) < 4.78 is 10.4. The molecule has 0 spiro atoms. The van der Waals surface area contributed by atoms with Crippen molar-refractivity contribution in [2.45, 2.75) is 13.3 Å². The van der Waals surface area contributed by atoms with E-state index in [-0.39, 0.29) is 11.7 Å². The number of carbonyl (C=O) groups excluding carboxylic acids is 3. The normalized spacial score (nSPS) is 9.93. The van der Waals surface area contributed by atoms with Crippen molar-refractivity contribution >= 4 is 46.7 Å². The monoisotopic (exact) mass is 449 g/mol. The fourth-order valence-electron chi connectivity index (χ4n) is 2.08. The minimum absolute atomic E-state index is 0.0850. The van der Waals surface area contributed by atoms with Gasteiger partial charge in [-0.3, -0.25) is 25.8 Å². The van der Waals surface area contributed by atoms with E-state index in [4.69, 9.17) is 33.3 Å². The maximum atomic E-state index is 12.0. The Bertz CT molecular complexity index is 904. The molecule has 0 aromatic heterocycles. The molecule has 0 aliphatic carbocycles. The predicted octanol–water partition coefficient (Wildman–Crippen LogP) is 2.62. The van der Waals surface area contributed by atoms with E-state index in [1.807, 2.05) is 6.92 Å². The van der Waals surface area contributed by atoms with E-state index in [1.54, 1.807) is 48.5 Å². The Balaban J connectivity index is 1.71. The Morgan fingerprint density at radius 3 is 2.23 bits per heavy atom. The Morgan fingerprint density at radius 2 is 1.60 bits per heavy atom. The van der Waals surface area contributed by atoms with E-state index in [0.717, 1.165) is 6.42 Å². The number of benzene rings is 2. The molecule has 2 amide bonds. The maximum absolute atomic E-state index is 12.0. The van der Waals surface area contributed by atoms with Gasteiger partial charge >= 0.3 is 5.97 Å². The van der Waals surface area contributed by atoms with Gasteiger partial charge in [-0.1, -0.05) is 18.5 Å². The third-order valence-electron chi connectivity index (χ3n) is 3.55. The number of carbonyl (C=O) groups is 3. The molecule has 10 heteroatoms. The van der Waals surface area contributed by atoms with Gasteiger partial charge in [-0.15, -0.1) is 0 Å². The molecule has 2 rings (SSSR count). The van der Waals surface area contributed by atoms with Gasteiger partial charge in [0.15, 0.2) is 11.7 Å². The summed E-state index contributed by atoms with van der Waals surface area (Å²) in [7, 11) is 0. The summed E-state index contributed by atoms with van der Waals surface area (Å²) in [6.07, 6.45) is 0.740. The molecular weight excluding hydrogens is 430 g/mol. The van der Waals surface area contributed by atoms with Gasteiger partial charge in [-0.05, 0) is 67.2 Å². The van der Waals surface area contributed by atoms with Gasteiger partial charge in [0, 0.05) is 10.6 Å². The SMILES string of the molecule is CCCOC(=O)c1ccc(OCC(=O)NNC(=S)NC(=O)c2ccc(Cl)cc2)cc1. The number of ether oxygens (including phenoxy) is 2. The van der Waals surface area contributed by atoms with Crippen molar-refractivity contribution in [2.24, 2.45) is 0 Å². The molecular formula is C20H20ClN3O5S. The van der Waals surface area contributed by atoms with E-state index < -0.39 is 17.8 Å². The standard InChI is InChI=1S/C20H20ClN3O5S/c1-2-11-28-19(27)14-5-9-16(10-6-14)29-12-17(25)23-24-20(30)22-18(26)13-3-7-15(21)8-4-13/h3-10H,2,11-12H2,1H3,(H,23,25)(H2,22,24,26,30). The average molecular weight is 450 g/mol. The smallest absolute Gasteiger partial charge is 0.338 e. The quantitative estimate of drug-likeness (QED) is 0.339. The Hall–Kier alpha value is -3.17. The summed E-state index contributed by atoms with van der Waals surface area (Å²) in [5.41, 5.74) is 5.47. The van der Waals surface area contributed by atoms with E-state index in [9.17, 15) is 14.4 Å². The first-order valence-electron chi connectivity index (χ1n) is 8.94. The first-order chi connectivity index (χ1) is 14.4. The lowest BCUT2D eigenvalue weighted by Crippen LogP contribution is -2.49. The molecule has 158 valence electrons. The van der Waals surface area contributed by atoms with Crippen LogP contribution in [0.5, 0.6) is 5.75 Å². The molecule has 2 aromatic carbocycles. The van der Waals surface area contributed by atoms with Crippen molar-refractivity contribution in [1.29, 1.82) is 0 Å². The van der Waals surface area contributed by atoms with Crippen molar-refractivity contribution in [3.63, 3.8) is 0 Å². The van der Waals surface area contributed by atoms with E-state index in [2.05, 4.69) is 16.2 Å². The van der Waals surface area contributed by atoms with Gasteiger partial charge in [-0.25, -0.2) is 4.79 Å². The van der Waals surface area contributed by atoms with Gasteiger partial charge in [0.2, 0.25) is 0 Å². The summed E-state index contributed by atoms with van der Waals surface area (Å²) in [4.78, 5) is 35.6. The van der Waals surface area contributed by atoms with Gasteiger partial charge < -0.3 is 9.47 Å². The number of amides is 2. The van der Waals surface area contributed by atoms with Crippen LogP contribution in [0.3, 0.4) is 0 Å². The van der Waals surface area contributed by atoms with Crippen LogP contribution in [-0.4, -0.2) is 36.1 Å². The summed E-state index contributed by atoms with van der Waals surface area (Å²) in [5.74, 6) is -0.993. The molecule has 0 heterocycles. The molecule has 0 unspecified atom stereocenters. The minimum Gasteiger partial charge on any atom is -0.484 e. The molecule has 2 aromatic rings. The lowest BCUT2D eigenvalue weighted by atomic mass is 10.2. The number of hydrazine groups is 1. The second kappa shape index (κ2) is 11.7. The summed E-state index contributed by atoms with van der Waals surface area (Å²) in [6.45, 7) is 1.96. The second-order valence-corrected chi connectivity index (χ2v) is 6.76. The molecule has 3 N–H and O–H groups in total. The molecule has 0 radical (unpaired) electrons. The zero-order valence-corrected chi connectivity index (χ0v) is 17.6. The summed E-state index contributed by atoms with van der Waals surface area (Å²) in [5, 5.41) is 2.84. The molecule has 30 heavy (non-hydrogen) atoms. The number of nitrogens with one attached hydrogen (secondary N) is 3. The van der Waals surface area contributed by atoms with Gasteiger partial charge in [0.1, 0.15) is 5.75 Å². The highest BCUT2D eigenvalue weighted by atomic mass is 35.5. The number of hydrogen-bond donors (Lipinski definition) is 3. The first kappa shape index (κ1) is 23.1. The number of thiocarbonyl (C=S) groups is 1. The fraction of sp³-hybridized carbons (Fsp3) is 0.200. The van der Waals surface area contributed by atoms with Crippen molar-refractivity contribution < 1.29 is 23.9 Å². The Morgan fingerprint density at radius 1 is 0.967 bits per heavy atom. The van der Waals surface area contributed by atoms with Crippen LogP contribution < -0.4 is 20.9 Å². The van der Waals surface area contributed by atoms with Crippen LogP contribution in [0.1, 0.15) is 34.1 Å². The number of hydrogen-bond acceptors (Lipinski definition) is 6. The van der Waals surface area contributed by atoms with Crippen LogP contribution in [0.15, 0.2) is 48.5 Å². The number of halogens is 1. The van der Waals surface area contributed by atoms with E-state index >= 15 is 0 Å². The highest BCUT2D eigenvalue weighted by molar-refractivity contribution is 7.80. The van der Waals surface area contributed by atoms with Crippen molar-refractivity contribution in [2.75, 3.05) is 13.2 Å². The van der Waals surface area contributed by atoms with E-state index in [1.165, 1.54) is 0 Å². The molecule has 0 saturated carbocycles. The topological polar surface area (TPSA) is 106 Å². The minimum atomic E-state index is -0.524. The summed E-state index contributed by atoms with van der Waals surface area (Å²) in [6, 6.07) is 12.4. The molecule has 0 aliphatic rings. The van der Waals surface area contributed by atoms with Crippen LogP contribution in [0.4, 0.5) is 0 Å². The molecule has 8 nitrogen and oxygen atoms in total. The highest BCUT2D eigenvalue weighted by Crippen LogP contribution is 2.13. The summed E-state index contributed by atoms with van der Waals surface area (Å²) >= 11 is 10.7. The van der Waals surface area contributed by atoms with Crippen molar-refractivity contribution in [3.05, 3.63) is 64.7 Å². The Kier molecular flexibility index (Phi) is 9.04. The maximum Gasteiger partial charge on any atom is 0.338 e. The average Bonchev–Trinajstić information content (AvgIpc) is 2.75. The second-order valence-electron chi connectivity index (χ2n) is 5.91. The first-order valence-corrected chi connectivity index (χ1v) is 9.73.